The number of aromatic nitrogens is 2. The lowest BCUT2D eigenvalue weighted by molar-refractivity contribution is -0.144. The van der Waals surface area contributed by atoms with Gasteiger partial charge in [0.2, 0.25) is 0 Å². The van der Waals surface area contributed by atoms with Crippen LogP contribution in [0.4, 0.5) is 17.6 Å². The number of nitrogens with zero attached hydrogens (tertiary/aromatic N) is 2. The first kappa shape index (κ1) is 16.6. The van der Waals surface area contributed by atoms with Crippen LogP contribution in [0, 0.1) is 5.82 Å². The van der Waals surface area contributed by atoms with Crippen LogP contribution >= 0.6 is 23.2 Å². The minimum absolute atomic E-state index is 0.160. The molecule has 2 aromatic rings. The first-order chi connectivity index (χ1) is 10.0. The van der Waals surface area contributed by atoms with Gasteiger partial charge in [-0.2, -0.15) is 13.2 Å². The molecule has 2 rings (SSSR count). The van der Waals surface area contributed by atoms with Crippen LogP contribution in [0.2, 0.25) is 10.0 Å². The molecule has 0 bridgehead atoms. The van der Waals surface area contributed by atoms with Gasteiger partial charge in [0.25, 0.3) is 5.56 Å². The van der Waals surface area contributed by atoms with E-state index in [1.807, 2.05) is 0 Å². The van der Waals surface area contributed by atoms with Crippen LogP contribution in [-0.4, -0.2) is 9.13 Å². The van der Waals surface area contributed by atoms with E-state index in [0.29, 0.717) is 0 Å². The number of alkyl halides is 3. The first-order valence-electron chi connectivity index (χ1n) is 5.59. The molecule has 22 heavy (non-hydrogen) atoms. The van der Waals surface area contributed by atoms with Crippen LogP contribution in [0.3, 0.4) is 0 Å². The Morgan fingerprint density at radius 3 is 2.14 bits per heavy atom. The van der Waals surface area contributed by atoms with Crippen molar-refractivity contribution in [2.45, 2.75) is 6.18 Å². The fraction of sp³-hybridized carbons (Fsp3) is 0.167. The summed E-state index contributed by atoms with van der Waals surface area (Å²) in [6, 6.07) is 1.83. The second-order valence-electron chi connectivity index (χ2n) is 4.26. The summed E-state index contributed by atoms with van der Waals surface area (Å²) >= 11 is 11.3. The Balaban J connectivity index is 2.85. The summed E-state index contributed by atoms with van der Waals surface area (Å²) in [6.45, 7) is 0. The number of halogens is 6. The van der Waals surface area contributed by atoms with Gasteiger partial charge in [-0.3, -0.25) is 9.36 Å². The van der Waals surface area contributed by atoms with Crippen LogP contribution < -0.4 is 11.2 Å². The molecule has 0 aliphatic carbocycles. The monoisotopic (exact) mass is 356 g/mol. The maximum Gasteiger partial charge on any atom is 0.431 e. The van der Waals surface area contributed by atoms with Gasteiger partial charge in [-0.1, -0.05) is 23.2 Å². The molecule has 0 aliphatic heterocycles. The van der Waals surface area contributed by atoms with E-state index in [1.54, 1.807) is 0 Å². The molecule has 1 aromatic heterocycles. The molecule has 0 saturated carbocycles. The van der Waals surface area contributed by atoms with E-state index in [-0.39, 0.29) is 25.2 Å². The van der Waals surface area contributed by atoms with Crippen LogP contribution in [0.1, 0.15) is 5.69 Å². The van der Waals surface area contributed by atoms with Crippen molar-refractivity contribution in [3.63, 3.8) is 0 Å². The van der Waals surface area contributed by atoms with Gasteiger partial charge in [-0.15, -0.1) is 0 Å². The van der Waals surface area contributed by atoms with E-state index >= 15 is 0 Å². The van der Waals surface area contributed by atoms with Crippen molar-refractivity contribution in [2.75, 3.05) is 0 Å². The third-order valence-electron chi connectivity index (χ3n) is 2.84. The van der Waals surface area contributed by atoms with Crippen LogP contribution in [0.15, 0.2) is 27.8 Å². The molecule has 0 unspecified atom stereocenters. The maximum absolute atomic E-state index is 13.9. The predicted octanol–water partition coefficient (Wildman–Crippen LogP) is 3.00. The largest absolute Gasteiger partial charge is 0.431 e. The highest BCUT2D eigenvalue weighted by atomic mass is 35.5. The Hall–Kier alpha value is -1.80. The summed E-state index contributed by atoms with van der Waals surface area (Å²) in [5.74, 6) is -1.08. The molecule has 0 aliphatic rings. The number of hydrogen-bond donors (Lipinski definition) is 0. The Morgan fingerprint density at radius 2 is 1.59 bits per heavy atom. The SMILES string of the molecule is Cn1c(C(F)(F)F)cc(=O)n(-c2cc(Cl)c(Cl)cc2F)c1=O. The Bertz CT molecular complexity index is 871. The molecule has 0 fully saturated rings. The summed E-state index contributed by atoms with van der Waals surface area (Å²) in [6.07, 6.45) is -4.90. The average molecular weight is 357 g/mol. The van der Waals surface area contributed by atoms with E-state index in [1.165, 1.54) is 0 Å². The summed E-state index contributed by atoms with van der Waals surface area (Å²) in [4.78, 5) is 23.8. The zero-order valence-electron chi connectivity index (χ0n) is 10.7. The highest BCUT2D eigenvalue weighted by Crippen LogP contribution is 2.28. The molecule has 10 heteroatoms. The number of rotatable bonds is 1. The summed E-state index contributed by atoms with van der Waals surface area (Å²) in [5.41, 5.74) is -4.74. The number of benzene rings is 1. The smallest absolute Gasteiger partial charge is 0.292 e. The number of hydrogen-bond acceptors (Lipinski definition) is 2. The zero-order chi connectivity index (χ0) is 16.8. The molecule has 0 N–H and O–H groups in total. The van der Waals surface area contributed by atoms with Crippen LogP contribution in [0.5, 0.6) is 0 Å². The molecule has 1 heterocycles. The van der Waals surface area contributed by atoms with Crippen LogP contribution in [-0.2, 0) is 13.2 Å². The third kappa shape index (κ3) is 2.76. The molecule has 1 aromatic carbocycles. The van der Waals surface area contributed by atoms with Crippen molar-refractivity contribution in [2.24, 2.45) is 7.05 Å². The van der Waals surface area contributed by atoms with Crippen molar-refractivity contribution in [1.29, 1.82) is 0 Å². The Labute approximate surface area is 130 Å². The topological polar surface area (TPSA) is 44.0 Å². The van der Waals surface area contributed by atoms with Gasteiger partial charge < -0.3 is 0 Å². The minimum Gasteiger partial charge on any atom is -0.292 e. The Kier molecular flexibility index (Phi) is 4.09. The highest BCUT2D eigenvalue weighted by molar-refractivity contribution is 6.42. The molecule has 0 saturated heterocycles. The van der Waals surface area contributed by atoms with Gasteiger partial charge in [-0.25, -0.2) is 13.8 Å². The summed E-state index contributed by atoms with van der Waals surface area (Å²) in [7, 11) is 0.816. The molecule has 118 valence electrons. The standard InChI is InChI=1S/C12H6Cl2F4N2O2/c1-19-9(12(16,17)18)4-10(21)20(11(19)22)8-3-6(14)5(13)2-7(8)15/h2-4H,1H3. The van der Waals surface area contributed by atoms with E-state index in [9.17, 15) is 27.2 Å². The van der Waals surface area contributed by atoms with Gasteiger partial charge in [0.15, 0.2) is 0 Å². The lowest BCUT2D eigenvalue weighted by atomic mass is 10.3. The van der Waals surface area contributed by atoms with E-state index < -0.39 is 34.6 Å². The fourth-order valence-corrected chi connectivity index (χ4v) is 2.11. The van der Waals surface area contributed by atoms with E-state index in [2.05, 4.69) is 0 Å². The second-order valence-corrected chi connectivity index (χ2v) is 5.07. The molecule has 0 spiro atoms. The molecule has 0 radical (unpaired) electrons. The molecule has 0 atom stereocenters. The van der Waals surface area contributed by atoms with Gasteiger partial charge >= 0.3 is 11.9 Å². The third-order valence-corrected chi connectivity index (χ3v) is 3.56. The van der Waals surface area contributed by atoms with Gasteiger partial charge in [0, 0.05) is 13.1 Å². The van der Waals surface area contributed by atoms with Gasteiger partial charge in [-0.05, 0) is 12.1 Å². The van der Waals surface area contributed by atoms with E-state index in [4.69, 9.17) is 23.2 Å². The van der Waals surface area contributed by atoms with Crippen molar-refractivity contribution in [3.8, 4) is 5.69 Å². The van der Waals surface area contributed by atoms with E-state index in [0.717, 1.165) is 19.2 Å². The first-order valence-corrected chi connectivity index (χ1v) is 6.35. The highest BCUT2D eigenvalue weighted by Gasteiger charge is 2.35. The normalized spacial score (nSPS) is 11.8. The average Bonchev–Trinajstić information content (AvgIpc) is 2.38. The lowest BCUT2D eigenvalue weighted by Crippen LogP contribution is -2.41. The van der Waals surface area contributed by atoms with Gasteiger partial charge in [0.05, 0.1) is 15.7 Å². The van der Waals surface area contributed by atoms with Crippen LogP contribution in [0.25, 0.3) is 5.69 Å². The molecular formula is C12H6Cl2F4N2O2. The maximum atomic E-state index is 13.9. The fourth-order valence-electron chi connectivity index (χ4n) is 1.80. The quantitative estimate of drug-likeness (QED) is 0.582. The predicted molar refractivity (Wildman–Crippen MR) is 72.3 cm³/mol. The Morgan fingerprint density at radius 1 is 1.05 bits per heavy atom. The molecular weight excluding hydrogens is 351 g/mol. The van der Waals surface area contributed by atoms with Crippen molar-refractivity contribution in [1.82, 2.24) is 9.13 Å². The second kappa shape index (κ2) is 5.44. The molecule has 0 amide bonds. The molecule has 4 nitrogen and oxygen atoms in total. The minimum atomic E-state index is -4.90. The van der Waals surface area contributed by atoms with Crippen molar-refractivity contribution >= 4 is 23.2 Å². The van der Waals surface area contributed by atoms with Crippen molar-refractivity contribution in [3.05, 3.63) is 60.6 Å². The van der Waals surface area contributed by atoms with Gasteiger partial charge in [0.1, 0.15) is 11.5 Å². The summed E-state index contributed by atoms with van der Waals surface area (Å²) in [5, 5.41) is -0.327. The lowest BCUT2D eigenvalue weighted by Gasteiger charge is -2.14. The zero-order valence-corrected chi connectivity index (χ0v) is 12.2. The van der Waals surface area contributed by atoms with Crippen molar-refractivity contribution < 1.29 is 17.6 Å². The summed E-state index contributed by atoms with van der Waals surface area (Å²) < 4.78 is 52.5.